The Morgan fingerprint density at radius 1 is 1.21 bits per heavy atom. The first-order valence-electron chi connectivity index (χ1n) is 9.12. The Bertz CT molecular complexity index is 1140. The summed E-state index contributed by atoms with van der Waals surface area (Å²) in [6, 6.07) is 9.96. The van der Waals surface area contributed by atoms with Gasteiger partial charge in [0.2, 0.25) is 5.55 Å². The summed E-state index contributed by atoms with van der Waals surface area (Å²) in [7, 11) is 0. The Morgan fingerprint density at radius 3 is 2.83 bits per heavy atom. The lowest BCUT2D eigenvalue weighted by Gasteiger charge is -2.11. The molecule has 29 heavy (non-hydrogen) atoms. The average Bonchev–Trinajstić information content (AvgIpc) is 3.21. The summed E-state index contributed by atoms with van der Waals surface area (Å²) < 4.78 is 39.4. The van der Waals surface area contributed by atoms with Crippen LogP contribution in [0.4, 0.5) is 14.5 Å². The van der Waals surface area contributed by atoms with Crippen molar-refractivity contribution < 1.29 is 22.7 Å². The number of halogens is 3. The van der Waals surface area contributed by atoms with Gasteiger partial charge >= 0.3 is 0 Å². The SMILES string of the molecule is O=C(NCC1CCCO1)c1cc2cc(Br)ccc2oc1=Nc1ccc(F)cc1F. The molecule has 2 aromatic carbocycles. The maximum atomic E-state index is 14.1. The number of ether oxygens (including phenoxy) is 1. The molecule has 1 saturated heterocycles. The second-order valence-electron chi connectivity index (χ2n) is 6.70. The molecular weight excluding hydrogens is 446 g/mol. The van der Waals surface area contributed by atoms with Crippen LogP contribution >= 0.6 is 15.9 Å². The van der Waals surface area contributed by atoms with Crippen LogP contribution in [-0.4, -0.2) is 25.2 Å². The van der Waals surface area contributed by atoms with E-state index in [2.05, 4.69) is 26.2 Å². The number of nitrogens with zero attached hydrogens (tertiary/aromatic N) is 1. The summed E-state index contributed by atoms with van der Waals surface area (Å²) in [5.74, 6) is -1.97. The summed E-state index contributed by atoms with van der Waals surface area (Å²) in [5, 5.41) is 3.50. The summed E-state index contributed by atoms with van der Waals surface area (Å²) >= 11 is 3.39. The number of fused-ring (bicyclic) bond motifs is 1. The van der Waals surface area contributed by atoms with Crippen molar-refractivity contribution in [1.29, 1.82) is 0 Å². The molecule has 150 valence electrons. The Morgan fingerprint density at radius 2 is 2.07 bits per heavy atom. The number of nitrogens with one attached hydrogen (secondary N) is 1. The first kappa shape index (κ1) is 19.7. The largest absolute Gasteiger partial charge is 0.438 e. The van der Waals surface area contributed by atoms with Crippen LogP contribution in [-0.2, 0) is 4.74 Å². The molecule has 2 heterocycles. The Balaban J connectivity index is 1.78. The molecule has 0 radical (unpaired) electrons. The molecule has 1 aliphatic heterocycles. The van der Waals surface area contributed by atoms with Gasteiger partial charge in [0.15, 0.2) is 5.82 Å². The molecule has 1 N–H and O–H groups in total. The van der Waals surface area contributed by atoms with Crippen molar-refractivity contribution in [3.8, 4) is 0 Å². The van der Waals surface area contributed by atoms with Gasteiger partial charge in [0.1, 0.15) is 22.7 Å². The smallest absolute Gasteiger partial charge is 0.256 e. The monoisotopic (exact) mass is 462 g/mol. The summed E-state index contributed by atoms with van der Waals surface area (Å²) in [5.41, 5.74) is 0.442. The van der Waals surface area contributed by atoms with Gasteiger partial charge in [-0.3, -0.25) is 4.79 Å². The molecule has 3 aromatic rings. The van der Waals surface area contributed by atoms with Gasteiger partial charge in [-0.15, -0.1) is 0 Å². The zero-order valence-electron chi connectivity index (χ0n) is 15.3. The summed E-state index contributed by atoms with van der Waals surface area (Å²) in [6.45, 7) is 1.05. The Labute approximate surface area is 173 Å². The minimum Gasteiger partial charge on any atom is -0.438 e. The lowest BCUT2D eigenvalue weighted by molar-refractivity contribution is 0.0854. The van der Waals surface area contributed by atoms with Crippen molar-refractivity contribution in [2.75, 3.05) is 13.2 Å². The minimum absolute atomic E-state index is 0.0274. The number of hydrogen-bond acceptors (Lipinski definition) is 4. The van der Waals surface area contributed by atoms with Gasteiger partial charge < -0.3 is 14.5 Å². The predicted molar refractivity (Wildman–Crippen MR) is 107 cm³/mol. The number of benzene rings is 2. The fourth-order valence-corrected chi connectivity index (χ4v) is 3.51. The fraction of sp³-hybridized carbons (Fsp3) is 0.238. The van der Waals surface area contributed by atoms with Gasteiger partial charge in [0.25, 0.3) is 5.91 Å². The number of carbonyl (C=O) groups excluding carboxylic acids is 1. The lowest BCUT2D eigenvalue weighted by atomic mass is 10.1. The zero-order chi connectivity index (χ0) is 20.4. The molecule has 1 aromatic heterocycles. The average molecular weight is 463 g/mol. The third-order valence-electron chi connectivity index (χ3n) is 4.60. The van der Waals surface area contributed by atoms with Crippen molar-refractivity contribution in [1.82, 2.24) is 5.32 Å². The maximum absolute atomic E-state index is 14.1. The van der Waals surface area contributed by atoms with Gasteiger partial charge in [-0.1, -0.05) is 15.9 Å². The molecular formula is C21H17BrF2N2O3. The highest BCUT2D eigenvalue weighted by Gasteiger charge is 2.19. The number of rotatable bonds is 4. The third kappa shape index (κ3) is 4.54. The van der Waals surface area contributed by atoms with E-state index >= 15 is 0 Å². The number of amides is 1. The van der Waals surface area contributed by atoms with E-state index in [1.54, 1.807) is 24.3 Å². The molecule has 1 atom stereocenters. The second-order valence-corrected chi connectivity index (χ2v) is 7.62. The summed E-state index contributed by atoms with van der Waals surface area (Å²) in [4.78, 5) is 17.0. The first-order valence-corrected chi connectivity index (χ1v) is 9.92. The molecule has 0 bridgehead atoms. The van der Waals surface area contributed by atoms with Crippen molar-refractivity contribution >= 4 is 38.5 Å². The number of carbonyl (C=O) groups is 1. The van der Waals surface area contributed by atoms with Gasteiger partial charge in [-0.2, -0.15) is 0 Å². The molecule has 0 saturated carbocycles. The highest BCUT2D eigenvalue weighted by molar-refractivity contribution is 9.10. The quantitative estimate of drug-likeness (QED) is 0.615. The second kappa shape index (κ2) is 8.42. The van der Waals surface area contributed by atoms with Crippen LogP contribution < -0.4 is 10.9 Å². The first-order chi connectivity index (χ1) is 14.0. The Kier molecular flexibility index (Phi) is 5.73. The van der Waals surface area contributed by atoms with Crippen LogP contribution in [0.15, 0.2) is 56.3 Å². The van der Waals surface area contributed by atoms with Gasteiger partial charge in [0, 0.05) is 29.1 Å². The Hall–Kier alpha value is -2.58. The molecule has 5 nitrogen and oxygen atoms in total. The van der Waals surface area contributed by atoms with Crippen LogP contribution in [0.3, 0.4) is 0 Å². The van der Waals surface area contributed by atoms with E-state index in [1.807, 2.05) is 0 Å². The van der Waals surface area contributed by atoms with E-state index in [1.165, 1.54) is 6.07 Å². The van der Waals surface area contributed by atoms with Crippen LogP contribution in [0.25, 0.3) is 11.0 Å². The van der Waals surface area contributed by atoms with E-state index < -0.39 is 17.5 Å². The molecule has 8 heteroatoms. The van der Waals surface area contributed by atoms with Crippen molar-refractivity contribution in [2.45, 2.75) is 18.9 Å². The van der Waals surface area contributed by atoms with Gasteiger partial charge in [-0.05, 0) is 49.2 Å². The maximum Gasteiger partial charge on any atom is 0.256 e. The topological polar surface area (TPSA) is 63.8 Å². The predicted octanol–water partition coefficient (Wildman–Crippen LogP) is 4.61. The van der Waals surface area contributed by atoms with E-state index in [0.717, 1.165) is 29.4 Å². The van der Waals surface area contributed by atoms with Crippen LogP contribution in [0.5, 0.6) is 0 Å². The van der Waals surface area contributed by atoms with E-state index in [0.29, 0.717) is 24.1 Å². The molecule has 1 amide bonds. The molecule has 4 rings (SSSR count). The normalized spacial score (nSPS) is 17.1. The molecule has 1 fully saturated rings. The zero-order valence-corrected chi connectivity index (χ0v) is 16.8. The van der Waals surface area contributed by atoms with Crippen LogP contribution in [0.2, 0.25) is 0 Å². The summed E-state index contributed by atoms with van der Waals surface area (Å²) in [6.07, 6.45) is 1.82. The highest BCUT2D eigenvalue weighted by atomic mass is 79.9. The standard InChI is InChI=1S/C21H17BrF2N2O3/c22-13-3-6-19-12(8-13)9-16(20(27)25-11-15-2-1-7-28-15)21(29-19)26-18-5-4-14(23)10-17(18)24/h3-6,8-10,15H,1-2,7,11H2,(H,25,27). The molecule has 1 unspecified atom stereocenters. The number of hydrogen-bond donors (Lipinski definition) is 1. The fourth-order valence-electron chi connectivity index (χ4n) is 3.14. The van der Waals surface area contributed by atoms with Gasteiger partial charge in [-0.25, -0.2) is 13.8 Å². The van der Waals surface area contributed by atoms with Crippen molar-refractivity contribution in [2.24, 2.45) is 4.99 Å². The molecule has 1 aliphatic rings. The van der Waals surface area contributed by atoms with Crippen LogP contribution in [0.1, 0.15) is 23.2 Å². The van der Waals surface area contributed by atoms with Gasteiger partial charge in [0.05, 0.1) is 6.10 Å². The third-order valence-corrected chi connectivity index (χ3v) is 5.09. The van der Waals surface area contributed by atoms with Crippen molar-refractivity contribution in [3.63, 3.8) is 0 Å². The molecule has 0 spiro atoms. The van der Waals surface area contributed by atoms with Crippen molar-refractivity contribution in [3.05, 3.63) is 69.7 Å². The van der Waals surface area contributed by atoms with E-state index in [4.69, 9.17) is 9.15 Å². The van der Waals surface area contributed by atoms with E-state index in [-0.39, 0.29) is 22.9 Å². The van der Waals surface area contributed by atoms with E-state index in [9.17, 15) is 13.6 Å². The van der Waals surface area contributed by atoms with Crippen LogP contribution in [0, 0.1) is 11.6 Å². The minimum atomic E-state index is -0.846. The highest BCUT2D eigenvalue weighted by Crippen LogP contribution is 2.21. The lowest BCUT2D eigenvalue weighted by Crippen LogP contribution is -2.34. The molecule has 0 aliphatic carbocycles.